The fourth-order valence-corrected chi connectivity index (χ4v) is 7.67. The highest BCUT2D eigenvalue weighted by atomic mass is 35.5. The minimum absolute atomic E-state index is 0.00576. The molecule has 0 radical (unpaired) electrons. The Morgan fingerprint density at radius 3 is 2.44 bits per heavy atom. The summed E-state index contributed by atoms with van der Waals surface area (Å²) in [5.41, 5.74) is 4.70. The van der Waals surface area contributed by atoms with Crippen molar-refractivity contribution in [2.75, 3.05) is 35.7 Å². The lowest BCUT2D eigenvalue weighted by molar-refractivity contribution is -0.182. The van der Waals surface area contributed by atoms with Crippen molar-refractivity contribution in [3.05, 3.63) is 69.5 Å². The zero-order valence-electron chi connectivity index (χ0n) is 27.5. The molecule has 2 saturated carbocycles. The Labute approximate surface area is 297 Å². The Kier molecular flexibility index (Phi) is 9.23. The van der Waals surface area contributed by atoms with Gasteiger partial charge in [0.1, 0.15) is 0 Å². The third-order valence-electron chi connectivity index (χ3n) is 10.2. The average molecular weight is 730 g/mol. The monoisotopic (exact) mass is 728 g/mol. The molecule has 50 heavy (non-hydrogen) atoms. The number of fused-ring (bicyclic) bond motifs is 2. The molecule has 0 bridgehead atoms. The Morgan fingerprint density at radius 1 is 1.00 bits per heavy atom. The quantitative estimate of drug-likeness (QED) is 0.143. The molecule has 10 nitrogen and oxygen atoms in total. The van der Waals surface area contributed by atoms with Gasteiger partial charge < -0.3 is 30.7 Å². The molecule has 15 heteroatoms. The van der Waals surface area contributed by atoms with Crippen LogP contribution in [0.3, 0.4) is 0 Å². The van der Waals surface area contributed by atoms with Gasteiger partial charge in [0.25, 0.3) is 11.8 Å². The molecule has 0 spiro atoms. The maximum Gasteiger partial charge on any atom is 0.391 e. The summed E-state index contributed by atoms with van der Waals surface area (Å²) in [4.78, 5) is 37.7. The van der Waals surface area contributed by atoms with Gasteiger partial charge in [-0.2, -0.15) is 13.2 Å². The maximum absolute atomic E-state index is 13.8. The van der Waals surface area contributed by atoms with Crippen molar-refractivity contribution >= 4 is 69.1 Å². The first-order valence-electron chi connectivity index (χ1n) is 16.7. The number of piperidine rings is 1. The summed E-state index contributed by atoms with van der Waals surface area (Å²) in [6.45, 7) is 1.83. The fraction of sp³-hybridized carbons (Fsp3) is 0.429. The molecule has 2 unspecified atom stereocenters. The summed E-state index contributed by atoms with van der Waals surface area (Å²) >= 11 is 13.4. The molecule has 4 N–H and O–H groups in total. The maximum atomic E-state index is 13.8. The van der Waals surface area contributed by atoms with Crippen LogP contribution in [0.2, 0.25) is 10.0 Å². The molecule has 2 aromatic carbocycles. The molecular weight excluding hydrogens is 692 g/mol. The van der Waals surface area contributed by atoms with Gasteiger partial charge in [0.05, 0.1) is 55.2 Å². The minimum atomic E-state index is -4.21. The average Bonchev–Trinajstić information content (AvgIpc) is 3.59. The molecule has 3 heterocycles. The van der Waals surface area contributed by atoms with Crippen LogP contribution in [0.15, 0.2) is 42.7 Å². The number of pyridine rings is 1. The number of anilines is 4. The molecule has 7 rings (SSSR count). The first-order chi connectivity index (χ1) is 23.9. The summed E-state index contributed by atoms with van der Waals surface area (Å²) in [5.74, 6) is -0.298. The van der Waals surface area contributed by atoms with E-state index in [9.17, 15) is 22.8 Å². The highest BCUT2D eigenvalue weighted by Crippen LogP contribution is 2.47. The van der Waals surface area contributed by atoms with E-state index in [4.69, 9.17) is 28.2 Å². The standard InChI is InChI=1S/C35H37Cl2F3N8O2/c1-41-24-10-19(13-42-15-24)32(49)43-14-18-3-8-26(36)31(30(18)37)46-34-45-27-11-25(33(50)44-23-6-4-22(5-7-23)35(38,39)40)28(12-29(27)47(34)2)48-16-20-9-21(20)17-48/h3,8,10-13,15,20-23,41H,4-7,9,14,16-17H2,1-2H3,(H,43,49)(H,44,50)(H,45,46). The zero-order chi connectivity index (χ0) is 35.3. The van der Waals surface area contributed by atoms with Gasteiger partial charge in [-0.05, 0) is 73.8 Å². The summed E-state index contributed by atoms with van der Waals surface area (Å²) in [7, 11) is 3.59. The van der Waals surface area contributed by atoms with Crippen molar-refractivity contribution in [3.8, 4) is 0 Å². The number of alkyl halides is 3. The Morgan fingerprint density at radius 2 is 1.74 bits per heavy atom. The van der Waals surface area contributed by atoms with E-state index >= 15 is 0 Å². The van der Waals surface area contributed by atoms with E-state index in [0.29, 0.717) is 61.4 Å². The third-order valence-corrected chi connectivity index (χ3v) is 11.0. The molecule has 264 valence electrons. The second-order valence-corrected chi connectivity index (χ2v) is 14.3. The first kappa shape index (κ1) is 34.2. The number of amides is 2. The summed E-state index contributed by atoms with van der Waals surface area (Å²) in [6.07, 6.45) is 0.650. The van der Waals surface area contributed by atoms with Crippen molar-refractivity contribution < 1.29 is 22.8 Å². The lowest BCUT2D eigenvalue weighted by Gasteiger charge is -2.31. The predicted octanol–water partition coefficient (Wildman–Crippen LogP) is 7.30. The van der Waals surface area contributed by atoms with Gasteiger partial charge in [-0.15, -0.1) is 0 Å². The predicted molar refractivity (Wildman–Crippen MR) is 188 cm³/mol. The van der Waals surface area contributed by atoms with Gasteiger partial charge in [0, 0.05) is 52.2 Å². The molecule has 2 atom stereocenters. The second-order valence-electron chi connectivity index (χ2n) is 13.5. The SMILES string of the molecule is CNc1cncc(C(=O)NCc2ccc(Cl)c(Nc3nc4cc(C(=O)NC5CCC(C(F)(F)F)CC5)c(N5CC6CC6C5)cc4n3C)c2Cl)c1. The molecule has 4 aromatic rings. The Hall–Kier alpha value is -4.23. The van der Waals surface area contributed by atoms with Crippen LogP contribution in [-0.2, 0) is 13.6 Å². The van der Waals surface area contributed by atoms with Crippen LogP contribution in [0.1, 0.15) is 58.4 Å². The summed E-state index contributed by atoms with van der Waals surface area (Å²) in [5, 5.41) is 12.8. The summed E-state index contributed by atoms with van der Waals surface area (Å²) in [6, 6.07) is 8.50. The first-order valence-corrected chi connectivity index (χ1v) is 17.4. The summed E-state index contributed by atoms with van der Waals surface area (Å²) < 4.78 is 41.6. The third kappa shape index (κ3) is 6.89. The van der Waals surface area contributed by atoms with E-state index in [1.54, 1.807) is 37.5 Å². The van der Waals surface area contributed by atoms with Gasteiger partial charge in [-0.3, -0.25) is 14.6 Å². The largest absolute Gasteiger partial charge is 0.391 e. The lowest BCUT2D eigenvalue weighted by atomic mass is 9.85. The highest BCUT2D eigenvalue weighted by molar-refractivity contribution is 6.39. The molecule has 2 aromatic heterocycles. The van der Waals surface area contributed by atoms with Crippen LogP contribution < -0.4 is 26.2 Å². The Balaban J connectivity index is 1.13. The molecule has 1 aliphatic heterocycles. The van der Waals surface area contributed by atoms with Crippen LogP contribution in [0, 0.1) is 17.8 Å². The number of hydrogen-bond acceptors (Lipinski definition) is 7. The van der Waals surface area contributed by atoms with Crippen LogP contribution >= 0.6 is 23.2 Å². The highest BCUT2D eigenvalue weighted by Gasteiger charge is 2.46. The van der Waals surface area contributed by atoms with Crippen LogP contribution in [-0.4, -0.2) is 58.7 Å². The lowest BCUT2D eigenvalue weighted by Crippen LogP contribution is -2.40. The number of carbonyl (C=O) groups is 2. The molecule has 2 amide bonds. The van der Waals surface area contributed by atoms with Gasteiger partial charge in [-0.25, -0.2) is 4.98 Å². The Bertz CT molecular complexity index is 1950. The van der Waals surface area contributed by atoms with Crippen LogP contribution in [0.5, 0.6) is 0 Å². The molecule has 3 aliphatic rings. The fourth-order valence-electron chi connectivity index (χ4n) is 7.14. The number of nitrogens with one attached hydrogen (secondary N) is 4. The van der Waals surface area contributed by atoms with Crippen LogP contribution in [0.25, 0.3) is 11.0 Å². The number of rotatable bonds is 9. The topological polar surface area (TPSA) is 116 Å². The van der Waals surface area contributed by atoms with E-state index in [0.717, 1.165) is 24.3 Å². The normalized spacial score (nSPS) is 21.5. The van der Waals surface area contributed by atoms with Crippen molar-refractivity contribution in [1.82, 2.24) is 25.2 Å². The number of benzene rings is 2. The van der Waals surface area contributed by atoms with Crippen LogP contribution in [0.4, 0.5) is 36.2 Å². The zero-order valence-corrected chi connectivity index (χ0v) is 29.0. The van der Waals surface area contributed by atoms with E-state index < -0.39 is 12.1 Å². The van der Waals surface area contributed by atoms with Crippen molar-refractivity contribution in [1.29, 1.82) is 0 Å². The van der Waals surface area contributed by atoms with Gasteiger partial charge >= 0.3 is 6.18 Å². The smallest absolute Gasteiger partial charge is 0.387 e. The number of aromatic nitrogens is 3. The van der Waals surface area contributed by atoms with E-state index in [1.165, 1.54) is 12.6 Å². The molecule has 2 aliphatic carbocycles. The van der Waals surface area contributed by atoms with Crippen molar-refractivity contribution in [3.63, 3.8) is 0 Å². The van der Waals surface area contributed by atoms with E-state index in [-0.39, 0.29) is 50.1 Å². The van der Waals surface area contributed by atoms with Crippen molar-refractivity contribution in [2.45, 2.75) is 50.9 Å². The van der Waals surface area contributed by atoms with Gasteiger partial charge in [0.15, 0.2) is 0 Å². The van der Waals surface area contributed by atoms with E-state index in [2.05, 4.69) is 31.2 Å². The van der Waals surface area contributed by atoms with E-state index in [1.807, 2.05) is 17.7 Å². The number of nitrogens with zero attached hydrogens (tertiary/aromatic N) is 4. The number of aryl methyl sites for hydroxylation is 1. The number of carbonyl (C=O) groups excluding carboxylic acids is 2. The minimum Gasteiger partial charge on any atom is -0.387 e. The molecule has 1 saturated heterocycles. The number of imidazole rings is 1. The van der Waals surface area contributed by atoms with Gasteiger partial charge in [0.2, 0.25) is 5.95 Å². The van der Waals surface area contributed by atoms with Gasteiger partial charge in [-0.1, -0.05) is 29.3 Å². The van der Waals surface area contributed by atoms with Crippen molar-refractivity contribution in [2.24, 2.45) is 24.8 Å². The molecule has 3 fully saturated rings. The number of hydrogen-bond donors (Lipinski definition) is 4. The second kappa shape index (κ2) is 13.5. The number of halogens is 5. The molecular formula is C35H37Cl2F3N8O2.